The van der Waals surface area contributed by atoms with Crippen molar-refractivity contribution in [2.24, 2.45) is 5.41 Å². The molecule has 76 valence electrons. The smallest absolute Gasteiger partial charge is 0.303 e. The average molecular weight is 186 g/mol. The monoisotopic (exact) mass is 186 g/mol. The highest BCUT2D eigenvalue weighted by Gasteiger charge is 2.19. The number of hydrogen-bond donors (Lipinski definition) is 1. The summed E-state index contributed by atoms with van der Waals surface area (Å²) in [6.07, 6.45) is 2.14. The number of carbonyl (C=O) groups is 2. The molecule has 0 radical (unpaired) electrons. The summed E-state index contributed by atoms with van der Waals surface area (Å²) in [5, 5.41) is 8.49. The van der Waals surface area contributed by atoms with Crippen LogP contribution in [0.2, 0.25) is 0 Å². The second kappa shape index (κ2) is 5.00. The van der Waals surface area contributed by atoms with Crippen LogP contribution in [0.5, 0.6) is 0 Å². The lowest BCUT2D eigenvalue weighted by molar-refractivity contribution is -0.137. The molecule has 0 saturated carbocycles. The van der Waals surface area contributed by atoms with Gasteiger partial charge in [0.25, 0.3) is 0 Å². The number of aliphatic carboxylic acids is 1. The summed E-state index contributed by atoms with van der Waals surface area (Å²) < 4.78 is 0. The number of carbonyl (C=O) groups excluding carboxylic acids is 1. The normalized spacial score (nSPS) is 11.3. The van der Waals surface area contributed by atoms with E-state index in [-0.39, 0.29) is 17.6 Å². The number of hydrogen-bond acceptors (Lipinski definition) is 2. The summed E-state index contributed by atoms with van der Waals surface area (Å²) in [6.45, 7) is 5.56. The topological polar surface area (TPSA) is 54.4 Å². The quantitative estimate of drug-likeness (QED) is 0.692. The van der Waals surface area contributed by atoms with Crippen molar-refractivity contribution in [2.45, 2.75) is 46.5 Å². The second-order valence-electron chi connectivity index (χ2n) is 4.26. The maximum atomic E-state index is 10.7. The minimum atomic E-state index is -0.768. The van der Waals surface area contributed by atoms with Gasteiger partial charge in [-0.2, -0.15) is 0 Å². The lowest BCUT2D eigenvalue weighted by Gasteiger charge is -2.22. The van der Waals surface area contributed by atoms with Crippen LogP contribution in [-0.2, 0) is 9.59 Å². The Bertz CT molecular complexity index is 174. The van der Waals surface area contributed by atoms with E-state index in [0.29, 0.717) is 12.8 Å². The molecule has 0 atom stereocenters. The summed E-state index contributed by atoms with van der Waals surface area (Å²) in [5.41, 5.74) is -0.0376. The number of carboxylic acid groups (broad SMARTS) is 1. The Morgan fingerprint density at radius 1 is 1.15 bits per heavy atom. The molecule has 0 unspecified atom stereocenters. The zero-order valence-electron chi connectivity index (χ0n) is 8.59. The van der Waals surface area contributed by atoms with Crippen molar-refractivity contribution in [3.8, 4) is 0 Å². The first kappa shape index (κ1) is 12.1. The van der Waals surface area contributed by atoms with Gasteiger partial charge in [-0.15, -0.1) is 0 Å². The van der Waals surface area contributed by atoms with Crippen LogP contribution in [0.3, 0.4) is 0 Å². The van der Waals surface area contributed by atoms with Gasteiger partial charge >= 0.3 is 5.97 Å². The van der Waals surface area contributed by atoms with Crippen molar-refractivity contribution >= 4 is 11.8 Å². The molecule has 0 aromatic rings. The average Bonchev–Trinajstić information content (AvgIpc) is 1.98. The summed E-state index contributed by atoms with van der Waals surface area (Å²) in [7, 11) is 0. The van der Waals surface area contributed by atoms with E-state index in [9.17, 15) is 9.59 Å². The van der Waals surface area contributed by atoms with Gasteiger partial charge in [-0.25, -0.2) is 0 Å². The van der Waals surface area contributed by atoms with Crippen LogP contribution in [0.1, 0.15) is 46.5 Å². The van der Waals surface area contributed by atoms with Crippen molar-refractivity contribution < 1.29 is 14.7 Å². The van der Waals surface area contributed by atoms with E-state index in [1.165, 1.54) is 0 Å². The molecule has 3 nitrogen and oxygen atoms in total. The van der Waals surface area contributed by atoms with Crippen molar-refractivity contribution in [3.63, 3.8) is 0 Å². The molecule has 0 rings (SSSR count). The van der Waals surface area contributed by atoms with Gasteiger partial charge in [0, 0.05) is 12.8 Å². The molecular weight excluding hydrogens is 168 g/mol. The molecule has 0 aromatic carbocycles. The maximum Gasteiger partial charge on any atom is 0.303 e. The fourth-order valence-electron chi connectivity index (χ4n) is 1.08. The van der Waals surface area contributed by atoms with E-state index in [1.807, 2.05) is 13.8 Å². The van der Waals surface area contributed by atoms with Gasteiger partial charge in [0.1, 0.15) is 5.78 Å². The van der Waals surface area contributed by atoms with Crippen LogP contribution in [0, 0.1) is 5.41 Å². The molecule has 0 heterocycles. The lowest BCUT2D eigenvalue weighted by atomic mass is 9.83. The van der Waals surface area contributed by atoms with Gasteiger partial charge in [0.15, 0.2) is 0 Å². The molecule has 0 aliphatic carbocycles. The summed E-state index contributed by atoms with van der Waals surface area (Å²) in [4.78, 5) is 21.0. The third-order valence-corrected chi connectivity index (χ3v) is 2.17. The van der Waals surface area contributed by atoms with E-state index >= 15 is 0 Å². The SMILES string of the molecule is CC(=O)CCC(C)(C)CCC(=O)O. The van der Waals surface area contributed by atoms with Crippen molar-refractivity contribution in [1.29, 1.82) is 0 Å². The third-order valence-electron chi connectivity index (χ3n) is 2.17. The molecule has 0 fully saturated rings. The van der Waals surface area contributed by atoms with Gasteiger partial charge in [0.05, 0.1) is 0 Å². The molecule has 1 N–H and O–H groups in total. The Balaban J connectivity index is 3.79. The number of ketones is 1. The fraction of sp³-hybridized carbons (Fsp3) is 0.800. The number of Topliss-reactive ketones (excluding diaryl/α,β-unsaturated/α-hetero) is 1. The Kier molecular flexibility index (Phi) is 4.67. The van der Waals surface area contributed by atoms with Crippen LogP contribution in [0.25, 0.3) is 0 Å². The Hall–Kier alpha value is -0.860. The van der Waals surface area contributed by atoms with Crippen LogP contribution in [0.15, 0.2) is 0 Å². The summed E-state index contributed by atoms with van der Waals surface area (Å²) in [6, 6.07) is 0. The van der Waals surface area contributed by atoms with Crippen LogP contribution < -0.4 is 0 Å². The Labute approximate surface area is 79.1 Å². The first-order valence-corrected chi connectivity index (χ1v) is 4.55. The highest BCUT2D eigenvalue weighted by atomic mass is 16.4. The predicted molar refractivity (Wildman–Crippen MR) is 50.6 cm³/mol. The van der Waals surface area contributed by atoms with Crippen LogP contribution >= 0.6 is 0 Å². The Morgan fingerprint density at radius 2 is 1.62 bits per heavy atom. The van der Waals surface area contributed by atoms with Gasteiger partial charge < -0.3 is 9.90 Å². The van der Waals surface area contributed by atoms with Crippen LogP contribution in [0.4, 0.5) is 0 Å². The predicted octanol–water partition coefficient (Wildman–Crippen LogP) is 2.25. The minimum absolute atomic E-state index is 0.0376. The highest BCUT2D eigenvalue weighted by Crippen LogP contribution is 2.28. The molecule has 3 heteroatoms. The summed E-state index contributed by atoms with van der Waals surface area (Å²) in [5.74, 6) is -0.598. The molecule has 0 saturated heterocycles. The second-order valence-corrected chi connectivity index (χ2v) is 4.26. The largest absolute Gasteiger partial charge is 0.481 e. The fourth-order valence-corrected chi connectivity index (χ4v) is 1.08. The molecule has 0 bridgehead atoms. The van der Waals surface area contributed by atoms with Crippen LogP contribution in [-0.4, -0.2) is 16.9 Å². The zero-order valence-corrected chi connectivity index (χ0v) is 8.59. The van der Waals surface area contributed by atoms with Crippen molar-refractivity contribution in [3.05, 3.63) is 0 Å². The lowest BCUT2D eigenvalue weighted by Crippen LogP contribution is -2.14. The number of rotatable bonds is 6. The van der Waals surface area contributed by atoms with Gasteiger partial charge in [-0.1, -0.05) is 13.8 Å². The van der Waals surface area contributed by atoms with E-state index in [2.05, 4.69) is 0 Å². The molecule has 0 aromatic heterocycles. The highest BCUT2D eigenvalue weighted by molar-refractivity contribution is 5.75. The molecule has 13 heavy (non-hydrogen) atoms. The zero-order chi connectivity index (χ0) is 10.5. The first-order chi connectivity index (χ1) is 5.83. The molecule has 0 amide bonds. The van der Waals surface area contributed by atoms with Gasteiger partial charge in [-0.3, -0.25) is 4.79 Å². The standard InChI is InChI=1S/C10H18O3/c1-8(11)4-6-10(2,3)7-5-9(12)13/h4-7H2,1-3H3,(H,12,13). The van der Waals surface area contributed by atoms with Gasteiger partial charge in [-0.05, 0) is 25.2 Å². The maximum absolute atomic E-state index is 10.7. The molecular formula is C10H18O3. The molecule has 0 aliphatic rings. The third kappa shape index (κ3) is 7.50. The Morgan fingerprint density at radius 3 is 2.00 bits per heavy atom. The van der Waals surface area contributed by atoms with E-state index in [4.69, 9.17) is 5.11 Å². The van der Waals surface area contributed by atoms with Crippen molar-refractivity contribution in [1.82, 2.24) is 0 Å². The van der Waals surface area contributed by atoms with E-state index in [1.54, 1.807) is 6.92 Å². The first-order valence-electron chi connectivity index (χ1n) is 4.55. The minimum Gasteiger partial charge on any atom is -0.481 e. The van der Waals surface area contributed by atoms with E-state index < -0.39 is 5.97 Å². The summed E-state index contributed by atoms with van der Waals surface area (Å²) >= 11 is 0. The molecule has 0 aliphatic heterocycles. The van der Waals surface area contributed by atoms with Crippen molar-refractivity contribution in [2.75, 3.05) is 0 Å². The number of carboxylic acids is 1. The van der Waals surface area contributed by atoms with Gasteiger partial charge in [0.2, 0.25) is 0 Å². The van der Waals surface area contributed by atoms with E-state index in [0.717, 1.165) is 6.42 Å². The molecule has 0 spiro atoms.